The number of hydrogen-bond acceptors (Lipinski definition) is 5. The van der Waals surface area contributed by atoms with Gasteiger partial charge in [-0.25, -0.2) is 4.39 Å². The maximum atomic E-state index is 12.9. The summed E-state index contributed by atoms with van der Waals surface area (Å²) in [6.07, 6.45) is 6.68. The van der Waals surface area contributed by atoms with Crippen LogP contribution in [0.2, 0.25) is 0 Å². The van der Waals surface area contributed by atoms with Crippen molar-refractivity contribution in [2.45, 2.75) is 43.9 Å². The van der Waals surface area contributed by atoms with E-state index in [1.807, 2.05) is 12.1 Å². The lowest BCUT2D eigenvalue weighted by Crippen LogP contribution is -2.54. The first kappa shape index (κ1) is 23.9. The Morgan fingerprint density at radius 1 is 1.23 bits per heavy atom. The van der Waals surface area contributed by atoms with E-state index in [2.05, 4.69) is 11.9 Å². The minimum absolute atomic E-state index is 0.0166. The fraction of sp³-hybridized carbons (Fsp3) is 0.500. The molecule has 1 atom stereocenters. The number of esters is 1. The largest absolute Gasteiger partial charge is 0.461 e. The van der Waals surface area contributed by atoms with Crippen LogP contribution >= 0.6 is 11.8 Å². The first-order valence-electron chi connectivity index (χ1n) is 10.2. The molecule has 0 aliphatic carbocycles. The molecule has 0 bridgehead atoms. The summed E-state index contributed by atoms with van der Waals surface area (Å²) in [7, 11) is 0. The van der Waals surface area contributed by atoms with E-state index in [4.69, 9.17) is 4.74 Å². The van der Waals surface area contributed by atoms with Gasteiger partial charge in [-0.3, -0.25) is 14.4 Å². The number of likely N-dealkylation sites (tertiary alicyclic amines) is 1. The van der Waals surface area contributed by atoms with Crippen LogP contribution in [0.3, 0.4) is 0 Å². The van der Waals surface area contributed by atoms with E-state index in [-0.39, 0.29) is 47.9 Å². The zero-order chi connectivity index (χ0) is 21.8. The number of nitrogens with one attached hydrogen (secondary N) is 1. The molecule has 8 heteroatoms. The summed E-state index contributed by atoms with van der Waals surface area (Å²) in [6.45, 7) is 4.23. The summed E-state index contributed by atoms with van der Waals surface area (Å²) in [5.74, 6) is -0.701. The number of unbranched alkanes of at least 4 members (excludes halogenated alkanes) is 3. The van der Waals surface area contributed by atoms with Crippen LogP contribution in [0.1, 0.15) is 37.7 Å². The van der Waals surface area contributed by atoms with Crippen LogP contribution in [0.4, 0.5) is 4.39 Å². The van der Waals surface area contributed by atoms with Crippen LogP contribution < -0.4 is 5.32 Å². The average molecular weight is 437 g/mol. The quantitative estimate of drug-likeness (QED) is 0.210. The third-order valence-corrected chi connectivity index (χ3v) is 5.92. The predicted octanol–water partition coefficient (Wildman–Crippen LogP) is 3.07. The van der Waals surface area contributed by atoms with Gasteiger partial charge in [-0.15, -0.1) is 11.8 Å². The Hall–Kier alpha value is -2.35. The number of β-lactam (4-membered cyclic amide) rings is 1. The monoisotopic (exact) mass is 436 g/mol. The van der Waals surface area contributed by atoms with Gasteiger partial charge >= 0.3 is 5.97 Å². The number of benzene rings is 1. The minimum Gasteiger partial charge on any atom is -0.461 e. The molecule has 30 heavy (non-hydrogen) atoms. The zero-order valence-corrected chi connectivity index (χ0v) is 17.9. The van der Waals surface area contributed by atoms with Crippen molar-refractivity contribution in [3.8, 4) is 0 Å². The number of aryl methyl sites for hydroxylation is 1. The molecule has 1 N–H and O–H groups in total. The summed E-state index contributed by atoms with van der Waals surface area (Å²) in [6, 6.07) is 6.57. The molecule has 2 amide bonds. The van der Waals surface area contributed by atoms with E-state index in [0.29, 0.717) is 13.0 Å². The van der Waals surface area contributed by atoms with Gasteiger partial charge < -0.3 is 15.0 Å². The fourth-order valence-electron chi connectivity index (χ4n) is 3.02. The summed E-state index contributed by atoms with van der Waals surface area (Å²) in [4.78, 5) is 36.8. The molecule has 1 fully saturated rings. The number of rotatable bonds is 14. The Morgan fingerprint density at radius 2 is 1.97 bits per heavy atom. The van der Waals surface area contributed by atoms with Crippen LogP contribution in [-0.4, -0.2) is 53.5 Å². The Morgan fingerprint density at radius 3 is 2.67 bits per heavy atom. The van der Waals surface area contributed by atoms with Crippen molar-refractivity contribution in [3.05, 3.63) is 48.3 Å². The normalized spacial score (nSPS) is 15.4. The van der Waals surface area contributed by atoms with Crippen LogP contribution in [-0.2, 0) is 25.5 Å². The molecule has 164 valence electrons. The number of ether oxygens (including phenoxy) is 1. The fourth-order valence-corrected chi connectivity index (χ4v) is 4.06. The van der Waals surface area contributed by atoms with Gasteiger partial charge in [-0.1, -0.05) is 37.6 Å². The molecule has 1 aliphatic heterocycles. The van der Waals surface area contributed by atoms with Crippen molar-refractivity contribution < 1.29 is 23.5 Å². The molecular weight excluding hydrogens is 407 g/mol. The highest BCUT2D eigenvalue weighted by Crippen LogP contribution is 2.29. The molecule has 0 aromatic heterocycles. The van der Waals surface area contributed by atoms with Crippen molar-refractivity contribution in [1.29, 1.82) is 0 Å². The molecule has 1 saturated heterocycles. The van der Waals surface area contributed by atoms with Crippen molar-refractivity contribution >= 4 is 29.5 Å². The highest BCUT2D eigenvalue weighted by molar-refractivity contribution is 8.00. The molecule has 2 rings (SSSR count). The standard InChI is InChI=1S/C22H29FN2O4S/c1-2-13-29-22(28)16-30-21-14-20(27)25(21)15-19(26)24-12-6-4-3-5-7-17-8-10-18(23)11-9-17/h2,8-11,21H,1,3-7,12-16H2,(H,24,26). The number of thioether (sulfide) groups is 1. The highest BCUT2D eigenvalue weighted by atomic mass is 32.2. The SMILES string of the molecule is C=CCOC(=O)CSC1CC(=O)N1CC(=O)NCCCCCCc1ccc(F)cc1. The predicted molar refractivity (Wildman–Crippen MR) is 115 cm³/mol. The number of carbonyl (C=O) groups is 3. The van der Waals surface area contributed by atoms with E-state index >= 15 is 0 Å². The molecule has 1 aliphatic rings. The average Bonchev–Trinajstić information content (AvgIpc) is 2.74. The van der Waals surface area contributed by atoms with Crippen molar-refractivity contribution in [2.75, 3.05) is 25.4 Å². The summed E-state index contributed by atoms with van der Waals surface area (Å²) >= 11 is 1.31. The Bertz CT molecular complexity index is 726. The number of carbonyl (C=O) groups excluding carboxylic acids is 3. The van der Waals surface area contributed by atoms with Gasteiger partial charge in [-0.05, 0) is 37.0 Å². The maximum absolute atomic E-state index is 12.9. The van der Waals surface area contributed by atoms with Gasteiger partial charge in [0.2, 0.25) is 11.8 Å². The summed E-state index contributed by atoms with van der Waals surface area (Å²) in [5, 5.41) is 2.68. The lowest BCUT2D eigenvalue weighted by atomic mass is 10.1. The Labute approximate surface area is 181 Å². The zero-order valence-electron chi connectivity index (χ0n) is 17.1. The van der Waals surface area contributed by atoms with Crippen LogP contribution in [0.25, 0.3) is 0 Å². The molecule has 1 unspecified atom stereocenters. The Balaban J connectivity index is 1.52. The molecule has 1 heterocycles. The van der Waals surface area contributed by atoms with Gasteiger partial charge in [-0.2, -0.15) is 0 Å². The number of hydrogen-bond donors (Lipinski definition) is 1. The van der Waals surface area contributed by atoms with Crippen LogP contribution in [0.15, 0.2) is 36.9 Å². The van der Waals surface area contributed by atoms with Gasteiger partial charge in [0, 0.05) is 6.54 Å². The van der Waals surface area contributed by atoms with E-state index in [1.165, 1.54) is 34.9 Å². The third kappa shape index (κ3) is 8.57. The second kappa shape index (κ2) is 13.1. The number of amides is 2. The first-order chi connectivity index (χ1) is 14.5. The van der Waals surface area contributed by atoms with E-state index in [1.54, 1.807) is 0 Å². The van der Waals surface area contributed by atoms with Gasteiger partial charge in [0.25, 0.3) is 0 Å². The molecule has 0 radical (unpaired) electrons. The van der Waals surface area contributed by atoms with Gasteiger partial charge in [0.1, 0.15) is 19.0 Å². The van der Waals surface area contributed by atoms with E-state index < -0.39 is 0 Å². The molecular formula is C22H29FN2O4S. The van der Waals surface area contributed by atoms with Crippen LogP contribution in [0, 0.1) is 5.82 Å². The lowest BCUT2D eigenvalue weighted by molar-refractivity contribution is -0.145. The van der Waals surface area contributed by atoms with Crippen molar-refractivity contribution in [2.24, 2.45) is 0 Å². The smallest absolute Gasteiger partial charge is 0.316 e. The van der Waals surface area contributed by atoms with Gasteiger partial charge in [0.15, 0.2) is 0 Å². The second-order valence-electron chi connectivity index (χ2n) is 7.10. The lowest BCUT2D eigenvalue weighted by Gasteiger charge is -2.39. The van der Waals surface area contributed by atoms with E-state index in [0.717, 1.165) is 37.7 Å². The third-order valence-electron chi connectivity index (χ3n) is 4.71. The molecule has 1 aromatic carbocycles. The summed E-state index contributed by atoms with van der Waals surface area (Å²) < 4.78 is 17.8. The van der Waals surface area contributed by atoms with Crippen LogP contribution in [0.5, 0.6) is 0 Å². The Kier molecular flexibility index (Phi) is 10.4. The molecule has 0 spiro atoms. The molecule has 1 aromatic rings. The number of nitrogens with zero attached hydrogens (tertiary/aromatic N) is 1. The topological polar surface area (TPSA) is 75.7 Å². The second-order valence-corrected chi connectivity index (χ2v) is 8.27. The maximum Gasteiger partial charge on any atom is 0.316 e. The van der Waals surface area contributed by atoms with Crippen molar-refractivity contribution in [3.63, 3.8) is 0 Å². The first-order valence-corrected chi connectivity index (χ1v) is 11.2. The minimum atomic E-state index is -0.358. The van der Waals surface area contributed by atoms with Gasteiger partial charge in [0.05, 0.1) is 17.5 Å². The summed E-state index contributed by atoms with van der Waals surface area (Å²) in [5.41, 5.74) is 1.13. The molecule has 0 saturated carbocycles. The number of halogens is 1. The highest BCUT2D eigenvalue weighted by Gasteiger charge is 2.37. The molecule has 6 nitrogen and oxygen atoms in total. The van der Waals surface area contributed by atoms with E-state index in [9.17, 15) is 18.8 Å². The van der Waals surface area contributed by atoms with Crippen molar-refractivity contribution in [1.82, 2.24) is 10.2 Å².